The van der Waals surface area contributed by atoms with E-state index in [0.717, 1.165) is 4.90 Å². The van der Waals surface area contributed by atoms with Crippen molar-refractivity contribution in [1.29, 1.82) is 0 Å². The third-order valence-electron chi connectivity index (χ3n) is 5.90. The van der Waals surface area contributed by atoms with Gasteiger partial charge in [-0.05, 0) is 32.0 Å². The molecule has 1 aromatic carbocycles. The Bertz CT molecular complexity index is 928. The highest BCUT2D eigenvalue weighted by atomic mass is 35.5. The first-order valence-corrected chi connectivity index (χ1v) is 10.3. The van der Waals surface area contributed by atoms with Gasteiger partial charge >= 0.3 is 0 Å². The van der Waals surface area contributed by atoms with E-state index in [0.29, 0.717) is 5.02 Å². The zero-order valence-corrected chi connectivity index (χ0v) is 17.8. The fourth-order valence-electron chi connectivity index (χ4n) is 4.68. The molecule has 30 heavy (non-hydrogen) atoms. The molecule has 0 aromatic heterocycles. The predicted octanol–water partition coefficient (Wildman–Crippen LogP) is 1.33. The number of anilines is 1. The van der Waals surface area contributed by atoms with Crippen LogP contribution in [0.2, 0.25) is 10.0 Å². The van der Waals surface area contributed by atoms with E-state index < -0.39 is 60.3 Å². The summed E-state index contributed by atoms with van der Waals surface area (Å²) in [6.07, 6.45) is -4.47. The molecular weight excluding hydrogens is 439 g/mol. The molecule has 4 saturated heterocycles. The summed E-state index contributed by atoms with van der Waals surface area (Å²) in [6.45, 7) is 3.45. The number of ether oxygens (including phenoxy) is 3. The molecule has 9 nitrogen and oxygen atoms in total. The summed E-state index contributed by atoms with van der Waals surface area (Å²) in [5.74, 6) is -2.84. The van der Waals surface area contributed by atoms with Gasteiger partial charge in [0, 0.05) is 12.1 Å². The summed E-state index contributed by atoms with van der Waals surface area (Å²) in [6, 6.07) is 3.80. The van der Waals surface area contributed by atoms with E-state index in [-0.39, 0.29) is 10.7 Å². The smallest absolute Gasteiger partial charge is 0.265 e. The number of benzene rings is 1. The van der Waals surface area contributed by atoms with Crippen molar-refractivity contribution in [1.82, 2.24) is 5.06 Å². The third-order valence-corrected chi connectivity index (χ3v) is 6.46. The van der Waals surface area contributed by atoms with Crippen molar-refractivity contribution in [3.8, 4) is 0 Å². The molecule has 7 atom stereocenters. The molecule has 4 heterocycles. The normalized spacial score (nSPS) is 40.3. The van der Waals surface area contributed by atoms with Crippen molar-refractivity contribution in [2.24, 2.45) is 5.92 Å². The van der Waals surface area contributed by atoms with Crippen LogP contribution in [0.3, 0.4) is 0 Å². The van der Waals surface area contributed by atoms with Crippen LogP contribution in [0.1, 0.15) is 13.8 Å². The van der Waals surface area contributed by atoms with Crippen LogP contribution in [0.25, 0.3) is 0 Å². The molecule has 0 aliphatic carbocycles. The zero-order valence-electron chi connectivity index (χ0n) is 16.3. The Morgan fingerprint density at radius 2 is 1.83 bits per heavy atom. The average molecular weight is 459 g/mol. The van der Waals surface area contributed by atoms with Crippen molar-refractivity contribution in [2.45, 2.75) is 56.4 Å². The van der Waals surface area contributed by atoms with Gasteiger partial charge in [0.05, 0.1) is 22.7 Å². The summed E-state index contributed by atoms with van der Waals surface area (Å²) in [4.78, 5) is 33.0. The maximum atomic E-state index is 13.3. The van der Waals surface area contributed by atoms with Crippen LogP contribution in [0.15, 0.2) is 18.2 Å². The maximum Gasteiger partial charge on any atom is 0.265 e. The van der Waals surface area contributed by atoms with Crippen molar-refractivity contribution in [2.75, 3.05) is 11.9 Å². The number of hydrogen-bond acceptors (Lipinski definition) is 8. The van der Waals surface area contributed by atoms with E-state index >= 15 is 0 Å². The number of carbonyl (C=O) groups excluding carboxylic acids is 2. The summed E-state index contributed by atoms with van der Waals surface area (Å²) in [7, 11) is 1.59. The number of aliphatic hydroxyl groups is 1. The number of halogens is 2. The van der Waals surface area contributed by atoms with Crippen molar-refractivity contribution in [3.05, 3.63) is 28.2 Å². The number of carbonyl (C=O) groups is 2. The Balaban J connectivity index is 1.45. The molecule has 4 aliphatic heterocycles. The van der Waals surface area contributed by atoms with Gasteiger partial charge in [-0.15, -0.1) is 0 Å². The van der Waals surface area contributed by atoms with E-state index in [9.17, 15) is 14.7 Å². The minimum absolute atomic E-state index is 0.191. The lowest BCUT2D eigenvalue weighted by molar-refractivity contribution is -0.232. The highest BCUT2D eigenvalue weighted by molar-refractivity contribution is 6.38. The number of aliphatic hydroxyl groups excluding tert-OH is 1. The average Bonchev–Trinajstić information content (AvgIpc) is 3.31. The van der Waals surface area contributed by atoms with Gasteiger partial charge in [-0.25, -0.2) is 4.90 Å². The van der Waals surface area contributed by atoms with Crippen LogP contribution in [-0.2, 0) is 28.6 Å². The molecule has 0 unspecified atom stereocenters. The second kappa shape index (κ2) is 6.85. The first kappa shape index (κ1) is 20.6. The largest absolute Gasteiger partial charge is 0.387 e. The van der Waals surface area contributed by atoms with Crippen molar-refractivity contribution in [3.63, 3.8) is 0 Å². The third kappa shape index (κ3) is 2.92. The Morgan fingerprint density at radius 3 is 2.53 bits per heavy atom. The van der Waals surface area contributed by atoms with Gasteiger partial charge < -0.3 is 19.3 Å². The number of amides is 2. The van der Waals surface area contributed by atoms with E-state index in [4.69, 9.17) is 42.3 Å². The summed E-state index contributed by atoms with van der Waals surface area (Å²) < 4.78 is 17.3. The molecular formula is C19H20Cl2N2O7. The molecule has 2 amide bonds. The Morgan fingerprint density at radius 1 is 1.10 bits per heavy atom. The van der Waals surface area contributed by atoms with E-state index in [1.54, 1.807) is 27.0 Å². The lowest BCUT2D eigenvalue weighted by Crippen LogP contribution is -2.50. The first-order chi connectivity index (χ1) is 14.1. The summed E-state index contributed by atoms with van der Waals surface area (Å²) in [5, 5.41) is 12.8. The number of fused-ring (bicyclic) bond motifs is 2. The topological polar surface area (TPSA) is 97.8 Å². The van der Waals surface area contributed by atoms with Crippen LogP contribution in [0.4, 0.5) is 5.69 Å². The van der Waals surface area contributed by atoms with Crippen LogP contribution >= 0.6 is 23.2 Å². The summed E-state index contributed by atoms with van der Waals surface area (Å²) >= 11 is 12.3. The minimum atomic E-state index is -1.07. The molecule has 1 aromatic rings. The SMILES string of the molecule is CN1O[C@H]2C(=O)N(c3cc(Cl)ccc3Cl)C(=O)[C@H]2[C@H]1[C@H]1O[C@@H]2OC(C)(C)O[C@@H]2[C@H]1O. The predicted molar refractivity (Wildman–Crippen MR) is 104 cm³/mol. The molecule has 0 radical (unpaired) electrons. The molecule has 0 saturated carbocycles. The van der Waals surface area contributed by atoms with Crippen LogP contribution in [-0.4, -0.2) is 71.6 Å². The van der Waals surface area contributed by atoms with Crippen LogP contribution in [0.5, 0.6) is 0 Å². The monoisotopic (exact) mass is 458 g/mol. The van der Waals surface area contributed by atoms with E-state index in [1.807, 2.05) is 0 Å². The van der Waals surface area contributed by atoms with E-state index in [1.165, 1.54) is 17.2 Å². The van der Waals surface area contributed by atoms with Gasteiger partial charge in [-0.2, -0.15) is 5.06 Å². The van der Waals surface area contributed by atoms with Gasteiger partial charge in [0.1, 0.15) is 18.3 Å². The highest BCUT2D eigenvalue weighted by Gasteiger charge is 2.65. The molecule has 4 fully saturated rings. The molecule has 0 bridgehead atoms. The van der Waals surface area contributed by atoms with Gasteiger partial charge in [0.15, 0.2) is 18.2 Å². The second-order valence-electron chi connectivity index (χ2n) is 8.26. The fraction of sp³-hybridized carbons (Fsp3) is 0.579. The highest BCUT2D eigenvalue weighted by Crippen LogP contribution is 2.46. The molecule has 5 rings (SSSR count). The zero-order chi connectivity index (χ0) is 21.5. The van der Waals surface area contributed by atoms with Gasteiger partial charge in [-0.3, -0.25) is 14.4 Å². The minimum Gasteiger partial charge on any atom is -0.387 e. The number of likely N-dealkylation sites (N-methyl/N-ethyl adjacent to an activating group) is 1. The molecule has 4 aliphatic rings. The van der Waals surface area contributed by atoms with Gasteiger partial charge in [-0.1, -0.05) is 23.2 Å². The fourth-order valence-corrected chi connectivity index (χ4v) is 5.05. The van der Waals surface area contributed by atoms with Gasteiger partial charge in [0.25, 0.3) is 5.91 Å². The lowest BCUT2D eigenvalue weighted by atomic mass is 9.89. The van der Waals surface area contributed by atoms with Crippen LogP contribution in [0, 0.1) is 5.92 Å². The first-order valence-electron chi connectivity index (χ1n) is 9.51. The number of hydroxylamine groups is 2. The Kier molecular flexibility index (Phi) is 4.70. The molecule has 11 heteroatoms. The van der Waals surface area contributed by atoms with Crippen molar-refractivity contribution >= 4 is 40.7 Å². The van der Waals surface area contributed by atoms with E-state index in [2.05, 4.69) is 0 Å². The number of rotatable bonds is 2. The van der Waals surface area contributed by atoms with Crippen LogP contribution < -0.4 is 4.90 Å². The molecule has 162 valence electrons. The summed E-state index contributed by atoms with van der Waals surface area (Å²) in [5.41, 5.74) is 0.191. The second-order valence-corrected chi connectivity index (χ2v) is 9.10. The molecule has 0 spiro atoms. The standard InChI is InChI=1S/C19H20Cl2N2O7/c1-19(2)28-15-12(24)14(27-18(15)29-19)11-10-13(30-22(11)3)17(26)23(16(10)25)9-6-7(20)4-5-8(9)21/h4-6,10-15,18,24H,1-3H3/t10-,11-,12-,13+,14+,15+,18+/m0/s1. The Labute approximate surface area is 182 Å². The number of nitrogens with zero attached hydrogens (tertiary/aromatic N) is 2. The van der Waals surface area contributed by atoms with Gasteiger partial charge in [0.2, 0.25) is 5.91 Å². The Hall–Kier alpha value is -1.30. The number of imide groups is 1. The lowest BCUT2D eigenvalue weighted by Gasteiger charge is -2.31. The molecule has 1 N–H and O–H groups in total. The quantitative estimate of drug-likeness (QED) is 0.662. The number of hydrogen-bond donors (Lipinski definition) is 1. The van der Waals surface area contributed by atoms with Crippen molar-refractivity contribution < 1.29 is 33.7 Å². The maximum absolute atomic E-state index is 13.3.